The van der Waals surface area contributed by atoms with E-state index in [0.717, 1.165) is 25.5 Å². The van der Waals surface area contributed by atoms with Gasteiger partial charge < -0.3 is 5.32 Å². The molecule has 1 N–H and O–H groups in total. The van der Waals surface area contributed by atoms with Crippen molar-refractivity contribution in [2.24, 2.45) is 0 Å². The van der Waals surface area contributed by atoms with Gasteiger partial charge in [0.05, 0.1) is 15.4 Å². The molecule has 0 aliphatic carbocycles. The highest BCUT2D eigenvalue weighted by Crippen LogP contribution is 2.30. The lowest BCUT2D eigenvalue weighted by Crippen LogP contribution is -2.47. The summed E-state index contributed by atoms with van der Waals surface area (Å²) in [7, 11) is -7.21. The van der Waals surface area contributed by atoms with Crippen LogP contribution in [0, 0.1) is 0 Å². The molecule has 1 heterocycles. The molecule has 0 bridgehead atoms. The van der Waals surface area contributed by atoms with Crippen LogP contribution < -0.4 is 5.32 Å². The number of sulfonamides is 1. The number of anilines is 1. The number of carbonyl (C=O) groups excluding carboxylic acids is 1. The van der Waals surface area contributed by atoms with Gasteiger partial charge in [-0.25, -0.2) is 16.8 Å². The molecule has 1 aliphatic heterocycles. The second-order valence-electron chi connectivity index (χ2n) is 7.71. The van der Waals surface area contributed by atoms with E-state index in [-0.39, 0.29) is 27.4 Å². The number of nitrogens with zero attached hydrogens (tertiary/aromatic N) is 1. The fraction of sp³-hybridized carbons (Fsp3) is 0.381. The molecule has 7 nitrogen and oxygen atoms in total. The molecule has 0 aromatic heterocycles. The molecule has 2 atom stereocenters. The number of hydrogen-bond donors (Lipinski definition) is 1. The normalized spacial score (nSPS) is 20.6. The van der Waals surface area contributed by atoms with E-state index in [1.807, 2.05) is 13.8 Å². The maximum Gasteiger partial charge on any atom is 0.256 e. The molecule has 0 saturated carbocycles. The van der Waals surface area contributed by atoms with Crippen LogP contribution in [0.1, 0.15) is 43.5 Å². The molecule has 9 heteroatoms. The van der Waals surface area contributed by atoms with E-state index in [9.17, 15) is 21.6 Å². The number of nitrogens with one attached hydrogen (secondary N) is 1. The van der Waals surface area contributed by atoms with Gasteiger partial charge in [-0.1, -0.05) is 18.6 Å². The number of amides is 1. The van der Waals surface area contributed by atoms with Gasteiger partial charge in [0, 0.05) is 24.0 Å². The van der Waals surface area contributed by atoms with Gasteiger partial charge in [0.1, 0.15) is 0 Å². The van der Waals surface area contributed by atoms with Crippen molar-refractivity contribution in [1.82, 2.24) is 4.31 Å². The lowest BCUT2D eigenvalue weighted by molar-refractivity contribution is 0.102. The van der Waals surface area contributed by atoms with E-state index in [1.54, 1.807) is 16.4 Å². The van der Waals surface area contributed by atoms with Crippen LogP contribution in [0.4, 0.5) is 5.69 Å². The highest BCUT2D eigenvalue weighted by Gasteiger charge is 2.35. The first-order chi connectivity index (χ1) is 14.0. The Morgan fingerprint density at radius 3 is 2.07 bits per heavy atom. The minimum atomic E-state index is -3.64. The van der Waals surface area contributed by atoms with E-state index in [0.29, 0.717) is 5.69 Å². The zero-order valence-electron chi connectivity index (χ0n) is 17.2. The molecule has 3 rings (SSSR count). The molecule has 30 heavy (non-hydrogen) atoms. The fourth-order valence-corrected chi connectivity index (χ4v) is 6.65. The van der Waals surface area contributed by atoms with Gasteiger partial charge in [0.25, 0.3) is 5.91 Å². The number of rotatable bonds is 5. The second kappa shape index (κ2) is 8.49. The van der Waals surface area contributed by atoms with Crippen LogP contribution in [0.25, 0.3) is 0 Å². The molecule has 1 amide bonds. The van der Waals surface area contributed by atoms with Crippen LogP contribution in [0.5, 0.6) is 0 Å². The molecule has 1 aliphatic rings. The van der Waals surface area contributed by atoms with Crippen molar-refractivity contribution in [2.45, 2.75) is 55.0 Å². The first-order valence-corrected chi connectivity index (χ1v) is 13.1. The molecule has 2 aromatic rings. The minimum absolute atomic E-state index is 0.0349. The highest BCUT2D eigenvalue weighted by molar-refractivity contribution is 7.90. The SMILES string of the molecule is CC1CCCC(C)N1S(=O)(=O)c1ccc(NC(=O)c2ccccc2S(C)(=O)=O)cc1. The largest absolute Gasteiger partial charge is 0.322 e. The van der Waals surface area contributed by atoms with Crippen molar-refractivity contribution >= 4 is 31.5 Å². The van der Waals surface area contributed by atoms with Gasteiger partial charge >= 0.3 is 0 Å². The van der Waals surface area contributed by atoms with Crippen molar-refractivity contribution in [1.29, 1.82) is 0 Å². The van der Waals surface area contributed by atoms with Crippen molar-refractivity contribution in [3.63, 3.8) is 0 Å². The van der Waals surface area contributed by atoms with Crippen molar-refractivity contribution in [3.05, 3.63) is 54.1 Å². The van der Waals surface area contributed by atoms with Crippen LogP contribution in [-0.2, 0) is 19.9 Å². The monoisotopic (exact) mass is 450 g/mol. The van der Waals surface area contributed by atoms with Crippen LogP contribution >= 0.6 is 0 Å². The van der Waals surface area contributed by atoms with Crippen molar-refractivity contribution in [2.75, 3.05) is 11.6 Å². The third kappa shape index (κ3) is 4.58. The summed E-state index contributed by atoms with van der Waals surface area (Å²) in [5, 5.41) is 2.63. The lowest BCUT2D eigenvalue weighted by atomic mass is 10.0. The van der Waals surface area contributed by atoms with Gasteiger partial charge in [0.15, 0.2) is 9.84 Å². The van der Waals surface area contributed by atoms with Gasteiger partial charge in [-0.05, 0) is 63.1 Å². The predicted molar refractivity (Wildman–Crippen MR) is 116 cm³/mol. The average Bonchev–Trinajstić information content (AvgIpc) is 2.67. The Bertz CT molecular complexity index is 1130. The van der Waals surface area contributed by atoms with E-state index >= 15 is 0 Å². The maximum atomic E-state index is 13.1. The molecule has 162 valence electrons. The molecule has 2 aromatic carbocycles. The summed E-state index contributed by atoms with van der Waals surface area (Å²) < 4.78 is 51.6. The third-order valence-corrected chi connectivity index (χ3v) is 8.63. The number of carbonyl (C=O) groups is 1. The number of hydrogen-bond acceptors (Lipinski definition) is 5. The standard InChI is InChI=1S/C21H26N2O5S2/c1-15-7-6-8-16(2)23(15)30(27,28)18-13-11-17(12-14-18)22-21(24)19-9-4-5-10-20(19)29(3,25)26/h4-5,9-16H,6-8H2,1-3H3,(H,22,24). The first-order valence-electron chi connectivity index (χ1n) is 9.76. The van der Waals surface area contributed by atoms with E-state index < -0.39 is 25.8 Å². The summed E-state index contributed by atoms with van der Waals surface area (Å²) in [6.07, 6.45) is 3.71. The Morgan fingerprint density at radius 2 is 1.50 bits per heavy atom. The van der Waals surface area contributed by atoms with E-state index in [1.165, 1.54) is 36.4 Å². The van der Waals surface area contributed by atoms with E-state index in [2.05, 4.69) is 5.32 Å². The molecular weight excluding hydrogens is 424 g/mol. The Kier molecular flexibility index (Phi) is 6.35. The average molecular weight is 451 g/mol. The molecule has 0 spiro atoms. The maximum absolute atomic E-state index is 13.1. The molecule has 1 fully saturated rings. The Morgan fingerprint density at radius 1 is 0.933 bits per heavy atom. The fourth-order valence-electron chi connectivity index (χ4n) is 3.88. The van der Waals surface area contributed by atoms with Gasteiger partial charge in [-0.3, -0.25) is 4.79 Å². The summed E-state index contributed by atoms with van der Waals surface area (Å²) in [6.45, 7) is 3.84. The molecule has 2 unspecified atom stereocenters. The predicted octanol–water partition coefficient (Wildman–Crippen LogP) is 3.29. The first kappa shape index (κ1) is 22.5. The van der Waals surface area contributed by atoms with Gasteiger partial charge in [0.2, 0.25) is 10.0 Å². The number of piperidine rings is 1. The minimum Gasteiger partial charge on any atom is -0.322 e. The number of sulfone groups is 1. The lowest BCUT2D eigenvalue weighted by Gasteiger charge is -2.37. The summed E-state index contributed by atoms with van der Waals surface area (Å²) in [4.78, 5) is 12.7. The van der Waals surface area contributed by atoms with Gasteiger partial charge in [-0.15, -0.1) is 0 Å². The van der Waals surface area contributed by atoms with Crippen LogP contribution in [0.15, 0.2) is 58.3 Å². The van der Waals surface area contributed by atoms with Crippen LogP contribution in [-0.4, -0.2) is 45.4 Å². The molecule has 0 radical (unpaired) electrons. The third-order valence-electron chi connectivity index (χ3n) is 5.33. The topological polar surface area (TPSA) is 101 Å². The summed E-state index contributed by atoms with van der Waals surface area (Å²) in [5.74, 6) is -0.579. The quantitative estimate of drug-likeness (QED) is 0.753. The van der Waals surface area contributed by atoms with E-state index in [4.69, 9.17) is 0 Å². The summed E-state index contributed by atoms with van der Waals surface area (Å²) in [6, 6.07) is 11.7. The Balaban J connectivity index is 1.83. The molecular formula is C21H26N2O5S2. The summed E-state index contributed by atoms with van der Waals surface area (Å²) in [5.41, 5.74) is 0.412. The van der Waals surface area contributed by atoms with Crippen molar-refractivity contribution < 1.29 is 21.6 Å². The van der Waals surface area contributed by atoms with Crippen molar-refractivity contribution in [3.8, 4) is 0 Å². The smallest absolute Gasteiger partial charge is 0.256 e. The van der Waals surface area contributed by atoms with Crippen LogP contribution in [0.3, 0.4) is 0 Å². The van der Waals surface area contributed by atoms with Gasteiger partial charge in [-0.2, -0.15) is 4.31 Å². The Labute approximate surface area is 178 Å². The Hall–Kier alpha value is -2.23. The zero-order valence-corrected chi connectivity index (χ0v) is 18.8. The molecule has 1 saturated heterocycles. The second-order valence-corrected chi connectivity index (χ2v) is 11.5. The van der Waals surface area contributed by atoms with Crippen LogP contribution in [0.2, 0.25) is 0 Å². The summed E-state index contributed by atoms with van der Waals surface area (Å²) >= 11 is 0. The number of benzene rings is 2. The zero-order chi connectivity index (χ0) is 22.1. The highest BCUT2D eigenvalue weighted by atomic mass is 32.2.